The monoisotopic (exact) mass is 415 g/mol. The largest absolute Gasteiger partial charge is 0.478 e. The number of nitrogens with zero attached hydrogens (tertiary/aromatic N) is 1. The van der Waals surface area contributed by atoms with E-state index in [9.17, 15) is 19.5 Å². The summed E-state index contributed by atoms with van der Waals surface area (Å²) >= 11 is 0. The van der Waals surface area contributed by atoms with Crippen molar-refractivity contribution in [1.29, 1.82) is 0 Å². The third kappa shape index (κ3) is 4.22. The van der Waals surface area contributed by atoms with Crippen LogP contribution in [0.25, 0.3) is 6.08 Å². The number of Topliss-reactive ketones (excluding diaryl/α,β-unsaturated/α-hetero) is 1. The van der Waals surface area contributed by atoms with Gasteiger partial charge < -0.3 is 5.11 Å². The zero-order chi connectivity index (χ0) is 22.2. The molecule has 31 heavy (non-hydrogen) atoms. The van der Waals surface area contributed by atoms with E-state index in [0.29, 0.717) is 24.1 Å². The molecule has 1 aliphatic carbocycles. The second-order valence-corrected chi connectivity index (χ2v) is 8.96. The smallest absolute Gasteiger partial charge is 0.335 e. The molecular formula is C26H25NO4. The van der Waals surface area contributed by atoms with Crippen LogP contribution in [0.15, 0.2) is 71.9 Å². The van der Waals surface area contributed by atoms with Gasteiger partial charge in [0, 0.05) is 35.7 Å². The normalized spacial score (nSPS) is 20.8. The number of hydrogen-bond donors (Lipinski definition) is 1. The number of allylic oxidation sites excluding steroid dienone is 3. The number of hydrogen-bond acceptors (Lipinski definition) is 3. The Hall–Kier alpha value is -3.47. The minimum Gasteiger partial charge on any atom is -0.478 e. The van der Waals surface area contributed by atoms with Crippen molar-refractivity contribution in [3.8, 4) is 0 Å². The van der Waals surface area contributed by atoms with Gasteiger partial charge in [-0.15, -0.1) is 0 Å². The molecular weight excluding hydrogens is 390 g/mol. The maximum atomic E-state index is 13.2. The summed E-state index contributed by atoms with van der Waals surface area (Å²) < 4.78 is 0. The van der Waals surface area contributed by atoms with Gasteiger partial charge in [-0.1, -0.05) is 56.3 Å². The van der Waals surface area contributed by atoms with Crippen molar-refractivity contribution in [1.82, 2.24) is 0 Å². The summed E-state index contributed by atoms with van der Waals surface area (Å²) in [6.45, 7) is 4.07. The van der Waals surface area contributed by atoms with Crippen LogP contribution >= 0.6 is 0 Å². The van der Waals surface area contributed by atoms with Gasteiger partial charge in [0.1, 0.15) is 0 Å². The lowest BCUT2D eigenvalue weighted by Gasteiger charge is -2.42. The molecule has 0 bridgehead atoms. The number of rotatable bonds is 4. The van der Waals surface area contributed by atoms with Gasteiger partial charge in [-0.2, -0.15) is 0 Å². The Morgan fingerprint density at radius 1 is 1.03 bits per heavy atom. The summed E-state index contributed by atoms with van der Waals surface area (Å²) in [5.74, 6) is -1.29. The zero-order valence-corrected chi connectivity index (χ0v) is 17.7. The number of carboxylic acids is 1. The number of carbonyl (C=O) groups excluding carboxylic acids is 2. The second kappa shape index (κ2) is 7.99. The zero-order valence-electron chi connectivity index (χ0n) is 17.7. The van der Waals surface area contributed by atoms with Gasteiger partial charge >= 0.3 is 5.97 Å². The van der Waals surface area contributed by atoms with Gasteiger partial charge in [0.05, 0.1) is 5.56 Å². The van der Waals surface area contributed by atoms with Gasteiger partial charge in [-0.05, 0) is 41.7 Å². The lowest BCUT2D eigenvalue weighted by molar-refractivity contribution is -0.121. The molecule has 5 heteroatoms. The van der Waals surface area contributed by atoms with Crippen molar-refractivity contribution in [2.24, 2.45) is 11.3 Å². The van der Waals surface area contributed by atoms with E-state index in [1.165, 1.54) is 12.1 Å². The molecule has 2 aromatic carbocycles. The van der Waals surface area contributed by atoms with E-state index >= 15 is 0 Å². The number of amides is 1. The van der Waals surface area contributed by atoms with Crippen LogP contribution in [0.1, 0.15) is 49.0 Å². The van der Waals surface area contributed by atoms with Gasteiger partial charge in [-0.3, -0.25) is 14.5 Å². The Labute approximate surface area is 181 Å². The molecule has 0 aromatic heterocycles. The van der Waals surface area contributed by atoms with Crippen LogP contribution in [0.4, 0.5) is 5.69 Å². The highest BCUT2D eigenvalue weighted by Gasteiger charge is 2.43. The summed E-state index contributed by atoms with van der Waals surface area (Å²) in [6.07, 6.45) is 5.18. The van der Waals surface area contributed by atoms with E-state index < -0.39 is 5.97 Å². The van der Waals surface area contributed by atoms with Crippen LogP contribution < -0.4 is 4.90 Å². The van der Waals surface area contributed by atoms with E-state index in [0.717, 1.165) is 11.3 Å². The number of anilines is 1. The minimum absolute atomic E-state index is 0.0774. The van der Waals surface area contributed by atoms with Crippen LogP contribution in [-0.2, 0) is 9.59 Å². The molecule has 0 spiro atoms. The van der Waals surface area contributed by atoms with Crippen LogP contribution in [0.2, 0.25) is 0 Å². The molecule has 158 valence electrons. The summed E-state index contributed by atoms with van der Waals surface area (Å²) in [7, 11) is 0. The summed E-state index contributed by atoms with van der Waals surface area (Å²) in [6, 6.07) is 16.1. The fourth-order valence-corrected chi connectivity index (χ4v) is 4.46. The molecule has 0 radical (unpaired) electrons. The topological polar surface area (TPSA) is 74.7 Å². The molecule has 1 aliphatic heterocycles. The Balaban J connectivity index is 1.78. The summed E-state index contributed by atoms with van der Waals surface area (Å²) in [5, 5.41) is 9.17. The predicted octanol–water partition coefficient (Wildman–Crippen LogP) is 5.09. The molecule has 5 nitrogen and oxygen atoms in total. The number of aromatic carboxylic acids is 1. The average molecular weight is 415 g/mol. The Morgan fingerprint density at radius 2 is 1.71 bits per heavy atom. The van der Waals surface area contributed by atoms with E-state index in [4.69, 9.17) is 0 Å². The van der Waals surface area contributed by atoms with Gasteiger partial charge in [0.2, 0.25) is 5.91 Å². The molecule has 4 rings (SSSR count). The van der Waals surface area contributed by atoms with Gasteiger partial charge in [-0.25, -0.2) is 4.79 Å². The third-order valence-electron chi connectivity index (χ3n) is 5.87. The summed E-state index contributed by atoms with van der Waals surface area (Å²) in [4.78, 5) is 39.2. The quantitative estimate of drug-likeness (QED) is 0.754. The van der Waals surface area contributed by atoms with Crippen molar-refractivity contribution < 1.29 is 19.5 Å². The Bertz CT molecular complexity index is 1090. The van der Waals surface area contributed by atoms with Crippen LogP contribution in [0.5, 0.6) is 0 Å². The van der Waals surface area contributed by atoms with Gasteiger partial charge in [0.25, 0.3) is 0 Å². The number of ketones is 1. The molecule has 1 heterocycles. The number of benzene rings is 2. The molecule has 0 saturated carbocycles. The highest BCUT2D eigenvalue weighted by atomic mass is 16.4. The maximum Gasteiger partial charge on any atom is 0.335 e. The van der Waals surface area contributed by atoms with E-state index in [1.54, 1.807) is 17.0 Å². The molecule has 1 unspecified atom stereocenters. The SMILES string of the molecule is CC1(C)CC(=O)C2=C(C1)N(c1ccc(C(=O)O)cc1)C(=O)CC2/C=C/c1ccccc1. The molecule has 1 N–H and O–H groups in total. The van der Waals surface area contributed by atoms with Crippen LogP contribution in [-0.4, -0.2) is 22.8 Å². The number of carboxylic acid groups (broad SMARTS) is 1. The average Bonchev–Trinajstić information content (AvgIpc) is 2.71. The highest BCUT2D eigenvalue weighted by molar-refractivity contribution is 6.07. The van der Waals surface area contributed by atoms with Crippen molar-refractivity contribution in [3.05, 3.63) is 83.1 Å². The highest BCUT2D eigenvalue weighted by Crippen LogP contribution is 2.45. The van der Waals surface area contributed by atoms with E-state index in [-0.39, 0.29) is 35.0 Å². The fourth-order valence-electron chi connectivity index (χ4n) is 4.46. The lowest BCUT2D eigenvalue weighted by atomic mass is 9.70. The molecule has 1 atom stereocenters. The van der Waals surface area contributed by atoms with Crippen LogP contribution in [0, 0.1) is 11.3 Å². The first kappa shape index (κ1) is 20.8. The van der Waals surface area contributed by atoms with Crippen LogP contribution in [0.3, 0.4) is 0 Å². The first-order valence-electron chi connectivity index (χ1n) is 10.4. The Kier molecular flexibility index (Phi) is 5.36. The molecule has 2 aromatic rings. The molecule has 1 amide bonds. The number of carbonyl (C=O) groups is 3. The standard InChI is InChI=1S/C26H25NO4/c1-26(2)15-21-24(22(28)16-26)19(9-8-17-6-4-3-5-7-17)14-23(29)27(21)20-12-10-18(11-13-20)25(30)31/h3-13,19H,14-16H2,1-2H3,(H,30,31)/b9-8+. The van der Waals surface area contributed by atoms with Crippen molar-refractivity contribution >= 4 is 29.4 Å². The molecule has 2 aliphatic rings. The maximum absolute atomic E-state index is 13.2. The van der Waals surface area contributed by atoms with E-state index in [2.05, 4.69) is 0 Å². The predicted molar refractivity (Wildman–Crippen MR) is 120 cm³/mol. The molecule has 0 fully saturated rings. The fraction of sp³-hybridized carbons (Fsp3) is 0.269. The first-order valence-corrected chi connectivity index (χ1v) is 10.4. The van der Waals surface area contributed by atoms with Crippen molar-refractivity contribution in [2.75, 3.05) is 4.90 Å². The van der Waals surface area contributed by atoms with E-state index in [1.807, 2.05) is 56.3 Å². The lowest BCUT2D eigenvalue weighted by Crippen LogP contribution is -2.44. The minimum atomic E-state index is -1.02. The molecule has 0 saturated heterocycles. The Morgan fingerprint density at radius 3 is 2.35 bits per heavy atom. The third-order valence-corrected chi connectivity index (χ3v) is 5.87. The van der Waals surface area contributed by atoms with Crippen molar-refractivity contribution in [2.45, 2.75) is 33.1 Å². The van der Waals surface area contributed by atoms with Gasteiger partial charge in [0.15, 0.2) is 5.78 Å². The summed E-state index contributed by atoms with van der Waals surface area (Å²) in [5.41, 5.74) is 2.97. The van der Waals surface area contributed by atoms with Crippen molar-refractivity contribution in [3.63, 3.8) is 0 Å². The second-order valence-electron chi connectivity index (χ2n) is 8.96. The first-order chi connectivity index (χ1) is 14.7.